The van der Waals surface area contributed by atoms with Crippen molar-refractivity contribution < 1.29 is 4.79 Å². The van der Waals surface area contributed by atoms with Crippen molar-refractivity contribution in [3.05, 3.63) is 34.9 Å². The van der Waals surface area contributed by atoms with Crippen LogP contribution in [0.3, 0.4) is 0 Å². The van der Waals surface area contributed by atoms with Gasteiger partial charge in [0.2, 0.25) is 5.91 Å². The highest BCUT2D eigenvalue weighted by Crippen LogP contribution is 2.15. The minimum absolute atomic E-state index is 0.0201. The summed E-state index contributed by atoms with van der Waals surface area (Å²) < 4.78 is 0. The number of benzene rings is 1. The lowest BCUT2D eigenvalue weighted by Gasteiger charge is -2.23. The van der Waals surface area contributed by atoms with Gasteiger partial charge in [-0.3, -0.25) is 9.69 Å². The normalized spacial score (nSPS) is 21.4. The van der Waals surface area contributed by atoms with E-state index in [4.69, 9.17) is 11.6 Å². The van der Waals surface area contributed by atoms with E-state index in [-0.39, 0.29) is 11.8 Å². The lowest BCUT2D eigenvalue weighted by atomic mass is 10.1. The van der Waals surface area contributed by atoms with Gasteiger partial charge >= 0.3 is 0 Å². The number of nitrogens with zero attached hydrogens (tertiary/aromatic N) is 2. The molecule has 0 aliphatic carbocycles. The molecule has 1 aliphatic heterocycles. The van der Waals surface area contributed by atoms with Crippen LogP contribution in [0.2, 0.25) is 5.02 Å². The van der Waals surface area contributed by atoms with E-state index >= 15 is 0 Å². The predicted molar refractivity (Wildman–Crippen MR) is 81.8 cm³/mol. The maximum absolute atomic E-state index is 11.9. The maximum atomic E-state index is 11.9. The van der Waals surface area contributed by atoms with Crippen molar-refractivity contribution in [1.82, 2.24) is 15.1 Å². The standard InChI is InChI=1S/C15H22ClN3O/c1-17-15(20)13-10-18(2)6-7-19(11-13)9-12-4-3-5-14(16)8-12/h3-5,8,13H,6-7,9-11H2,1-2H3,(H,17,20)/t13-/m1/s1. The van der Waals surface area contributed by atoms with Gasteiger partial charge in [-0.05, 0) is 24.7 Å². The Labute approximate surface area is 125 Å². The molecule has 0 saturated carbocycles. The van der Waals surface area contributed by atoms with E-state index in [1.807, 2.05) is 18.2 Å². The summed E-state index contributed by atoms with van der Waals surface area (Å²) in [7, 11) is 3.77. The number of rotatable bonds is 3. The van der Waals surface area contributed by atoms with Gasteiger partial charge in [-0.2, -0.15) is 0 Å². The molecule has 0 radical (unpaired) electrons. The zero-order chi connectivity index (χ0) is 14.5. The van der Waals surface area contributed by atoms with Crippen LogP contribution in [-0.4, -0.2) is 56.0 Å². The van der Waals surface area contributed by atoms with Crippen molar-refractivity contribution in [3.8, 4) is 0 Å². The second-order valence-corrected chi connectivity index (χ2v) is 5.87. The minimum atomic E-state index is 0.0201. The quantitative estimate of drug-likeness (QED) is 0.917. The molecule has 5 heteroatoms. The molecule has 1 aromatic rings. The van der Waals surface area contributed by atoms with Crippen molar-refractivity contribution in [2.45, 2.75) is 6.54 Å². The van der Waals surface area contributed by atoms with Crippen LogP contribution in [0.4, 0.5) is 0 Å². The number of hydrogen-bond acceptors (Lipinski definition) is 3. The van der Waals surface area contributed by atoms with E-state index in [2.05, 4.69) is 28.2 Å². The first kappa shape index (κ1) is 15.3. The smallest absolute Gasteiger partial charge is 0.225 e. The highest BCUT2D eigenvalue weighted by Gasteiger charge is 2.25. The predicted octanol–water partition coefficient (Wildman–Crippen LogP) is 1.45. The van der Waals surface area contributed by atoms with E-state index in [1.54, 1.807) is 7.05 Å². The Morgan fingerprint density at radius 3 is 2.90 bits per heavy atom. The molecule has 1 heterocycles. The molecule has 1 amide bonds. The number of carbonyl (C=O) groups excluding carboxylic acids is 1. The van der Waals surface area contributed by atoms with Crippen molar-refractivity contribution in [3.63, 3.8) is 0 Å². The van der Waals surface area contributed by atoms with Crippen LogP contribution in [0.25, 0.3) is 0 Å². The zero-order valence-corrected chi connectivity index (χ0v) is 12.9. The lowest BCUT2D eigenvalue weighted by Crippen LogP contribution is -2.39. The van der Waals surface area contributed by atoms with Crippen molar-refractivity contribution in [2.24, 2.45) is 5.92 Å². The van der Waals surface area contributed by atoms with E-state index < -0.39 is 0 Å². The summed E-state index contributed by atoms with van der Waals surface area (Å²) in [6.07, 6.45) is 0. The molecular formula is C15H22ClN3O. The molecule has 0 aromatic heterocycles. The molecule has 1 saturated heterocycles. The first-order valence-corrected chi connectivity index (χ1v) is 7.33. The number of hydrogen-bond donors (Lipinski definition) is 1. The Morgan fingerprint density at radius 1 is 1.40 bits per heavy atom. The third kappa shape index (κ3) is 4.20. The molecule has 0 bridgehead atoms. The van der Waals surface area contributed by atoms with E-state index in [0.29, 0.717) is 0 Å². The van der Waals surface area contributed by atoms with Gasteiger partial charge in [-0.1, -0.05) is 23.7 Å². The van der Waals surface area contributed by atoms with Crippen molar-refractivity contribution >= 4 is 17.5 Å². The molecule has 110 valence electrons. The molecule has 1 N–H and O–H groups in total. The van der Waals surface area contributed by atoms with Crippen LogP contribution in [0, 0.1) is 5.92 Å². The van der Waals surface area contributed by atoms with Crippen LogP contribution in [0.1, 0.15) is 5.56 Å². The van der Waals surface area contributed by atoms with Crippen molar-refractivity contribution in [1.29, 1.82) is 0 Å². The fourth-order valence-corrected chi connectivity index (χ4v) is 2.86. The van der Waals surface area contributed by atoms with Gasteiger partial charge in [0, 0.05) is 44.8 Å². The van der Waals surface area contributed by atoms with Gasteiger partial charge in [0.15, 0.2) is 0 Å². The van der Waals surface area contributed by atoms with E-state index in [0.717, 1.165) is 37.7 Å². The van der Waals surface area contributed by atoms with Crippen LogP contribution in [-0.2, 0) is 11.3 Å². The zero-order valence-electron chi connectivity index (χ0n) is 12.1. The average molecular weight is 296 g/mol. The second-order valence-electron chi connectivity index (χ2n) is 5.44. The fraction of sp³-hybridized carbons (Fsp3) is 0.533. The first-order valence-electron chi connectivity index (χ1n) is 6.95. The van der Waals surface area contributed by atoms with Crippen LogP contribution in [0.15, 0.2) is 24.3 Å². The third-order valence-corrected chi connectivity index (χ3v) is 3.96. The highest BCUT2D eigenvalue weighted by molar-refractivity contribution is 6.30. The molecule has 4 nitrogen and oxygen atoms in total. The van der Waals surface area contributed by atoms with E-state index in [1.165, 1.54) is 5.56 Å². The Balaban J connectivity index is 2.04. The van der Waals surface area contributed by atoms with Gasteiger partial charge < -0.3 is 10.2 Å². The molecule has 2 rings (SSSR count). The Hall–Kier alpha value is -1.10. The topological polar surface area (TPSA) is 35.6 Å². The molecule has 1 atom stereocenters. The Kier molecular flexibility index (Phi) is 5.40. The monoisotopic (exact) mass is 295 g/mol. The molecular weight excluding hydrogens is 274 g/mol. The number of carbonyl (C=O) groups is 1. The second kappa shape index (κ2) is 7.07. The summed E-state index contributed by atoms with van der Waals surface area (Å²) in [5, 5.41) is 3.52. The Morgan fingerprint density at radius 2 is 2.20 bits per heavy atom. The van der Waals surface area contributed by atoms with Gasteiger partial charge in [-0.15, -0.1) is 0 Å². The number of halogens is 1. The van der Waals surface area contributed by atoms with Gasteiger partial charge in [0.1, 0.15) is 0 Å². The molecule has 20 heavy (non-hydrogen) atoms. The lowest BCUT2D eigenvalue weighted by molar-refractivity contribution is -0.125. The molecule has 1 aliphatic rings. The minimum Gasteiger partial charge on any atom is -0.359 e. The summed E-state index contributed by atoms with van der Waals surface area (Å²) in [6, 6.07) is 7.92. The molecule has 1 aromatic carbocycles. The Bertz CT molecular complexity index is 466. The number of likely N-dealkylation sites (N-methyl/N-ethyl adjacent to an activating group) is 1. The van der Waals surface area contributed by atoms with Crippen LogP contribution >= 0.6 is 11.6 Å². The van der Waals surface area contributed by atoms with Crippen molar-refractivity contribution in [2.75, 3.05) is 40.3 Å². The van der Waals surface area contributed by atoms with E-state index in [9.17, 15) is 4.79 Å². The molecule has 0 unspecified atom stereocenters. The summed E-state index contributed by atoms with van der Waals surface area (Å²) in [4.78, 5) is 16.5. The van der Waals surface area contributed by atoms with Crippen LogP contribution in [0.5, 0.6) is 0 Å². The molecule has 1 fully saturated rings. The number of amides is 1. The van der Waals surface area contributed by atoms with Gasteiger partial charge in [-0.25, -0.2) is 0 Å². The summed E-state index contributed by atoms with van der Waals surface area (Å²) in [5.41, 5.74) is 1.19. The fourth-order valence-electron chi connectivity index (χ4n) is 2.65. The average Bonchev–Trinajstić information content (AvgIpc) is 2.60. The largest absolute Gasteiger partial charge is 0.359 e. The highest BCUT2D eigenvalue weighted by atomic mass is 35.5. The van der Waals surface area contributed by atoms with Gasteiger partial charge in [0.05, 0.1) is 5.92 Å². The summed E-state index contributed by atoms with van der Waals surface area (Å²) >= 11 is 6.03. The SMILES string of the molecule is CNC(=O)[C@@H]1CN(C)CCN(Cc2cccc(Cl)c2)C1. The summed E-state index contributed by atoms with van der Waals surface area (Å²) in [5.74, 6) is 0.140. The first-order chi connectivity index (χ1) is 9.58. The van der Waals surface area contributed by atoms with Gasteiger partial charge in [0.25, 0.3) is 0 Å². The maximum Gasteiger partial charge on any atom is 0.225 e. The molecule has 0 spiro atoms. The number of nitrogens with one attached hydrogen (secondary N) is 1. The van der Waals surface area contributed by atoms with Crippen LogP contribution < -0.4 is 5.32 Å². The third-order valence-electron chi connectivity index (χ3n) is 3.72. The summed E-state index contributed by atoms with van der Waals surface area (Å²) in [6.45, 7) is 4.38.